The van der Waals surface area contributed by atoms with Crippen LogP contribution in [0.5, 0.6) is 0 Å². The smallest absolute Gasteiger partial charge is 0.224 e. The quantitative estimate of drug-likeness (QED) is 0.532. The molecule has 2 aromatic heterocycles. The van der Waals surface area contributed by atoms with E-state index in [0.717, 1.165) is 46.2 Å². The standard InChI is InChI=1S/C24H24N2O3/c27-23(25-15-20(21-8-5-13-28-21)26-11-3-4-12-26)14-18-16-29-22-10-9-17-6-1-2-7-19(17)24(18)22/h1-2,5-10,13,16,20H,3-4,11-12,14-15H2,(H,25,27)/p+1/t20-/m1/s1. The van der Waals surface area contributed by atoms with Gasteiger partial charge in [0.25, 0.3) is 0 Å². The highest BCUT2D eigenvalue weighted by Gasteiger charge is 2.29. The van der Waals surface area contributed by atoms with Gasteiger partial charge in [0.1, 0.15) is 5.58 Å². The number of carbonyl (C=O) groups excluding carboxylic acids is 1. The van der Waals surface area contributed by atoms with Gasteiger partial charge in [-0.25, -0.2) is 0 Å². The first-order valence-corrected chi connectivity index (χ1v) is 10.3. The van der Waals surface area contributed by atoms with E-state index in [0.29, 0.717) is 13.0 Å². The lowest BCUT2D eigenvalue weighted by Crippen LogP contribution is -3.11. The van der Waals surface area contributed by atoms with Crippen LogP contribution in [0.1, 0.15) is 30.2 Å². The van der Waals surface area contributed by atoms with E-state index in [2.05, 4.69) is 23.5 Å². The number of quaternary nitrogens is 1. The molecule has 1 amide bonds. The van der Waals surface area contributed by atoms with Crippen molar-refractivity contribution in [3.63, 3.8) is 0 Å². The van der Waals surface area contributed by atoms with Crippen molar-refractivity contribution >= 4 is 27.6 Å². The topological polar surface area (TPSA) is 59.8 Å². The normalized spacial score (nSPS) is 15.9. The highest BCUT2D eigenvalue weighted by Crippen LogP contribution is 2.30. The number of rotatable bonds is 6. The Bertz CT molecular complexity index is 1120. The molecule has 5 heteroatoms. The predicted octanol–water partition coefficient (Wildman–Crippen LogP) is 3.26. The Balaban J connectivity index is 1.33. The minimum atomic E-state index is 0.00999. The lowest BCUT2D eigenvalue weighted by atomic mass is 10.0. The number of hydrogen-bond donors (Lipinski definition) is 2. The number of benzene rings is 2. The van der Waals surface area contributed by atoms with E-state index in [9.17, 15) is 4.79 Å². The molecule has 148 valence electrons. The summed E-state index contributed by atoms with van der Waals surface area (Å²) in [5.41, 5.74) is 1.75. The maximum absolute atomic E-state index is 12.8. The zero-order valence-electron chi connectivity index (χ0n) is 16.3. The molecule has 0 aliphatic carbocycles. The number of fused-ring (bicyclic) bond motifs is 3. The molecule has 2 N–H and O–H groups in total. The van der Waals surface area contributed by atoms with Crippen molar-refractivity contribution in [3.05, 3.63) is 72.4 Å². The van der Waals surface area contributed by atoms with E-state index >= 15 is 0 Å². The molecule has 1 aliphatic rings. The monoisotopic (exact) mass is 389 g/mol. The number of amides is 1. The Hall–Kier alpha value is -3.05. The van der Waals surface area contributed by atoms with Crippen LogP contribution < -0.4 is 10.2 Å². The molecule has 5 rings (SSSR count). The molecule has 0 spiro atoms. The van der Waals surface area contributed by atoms with Gasteiger partial charge in [0.15, 0.2) is 11.8 Å². The second-order valence-corrected chi connectivity index (χ2v) is 7.83. The largest absolute Gasteiger partial charge is 0.464 e. The Morgan fingerprint density at radius 2 is 1.90 bits per heavy atom. The molecule has 0 radical (unpaired) electrons. The maximum atomic E-state index is 12.8. The van der Waals surface area contributed by atoms with Crippen LogP contribution in [0.15, 0.2) is 69.9 Å². The highest BCUT2D eigenvalue weighted by molar-refractivity contribution is 6.08. The summed E-state index contributed by atoms with van der Waals surface area (Å²) in [6, 6.07) is 16.3. The Morgan fingerprint density at radius 3 is 2.72 bits per heavy atom. The number of carbonyl (C=O) groups is 1. The third-order valence-corrected chi connectivity index (χ3v) is 6.02. The van der Waals surface area contributed by atoms with Gasteiger partial charge in [-0.1, -0.05) is 30.3 Å². The van der Waals surface area contributed by atoms with Crippen LogP contribution in [0.25, 0.3) is 21.7 Å². The number of furan rings is 2. The zero-order valence-corrected chi connectivity index (χ0v) is 16.3. The van der Waals surface area contributed by atoms with Crippen LogP contribution in [-0.2, 0) is 11.2 Å². The minimum Gasteiger partial charge on any atom is -0.464 e. The van der Waals surface area contributed by atoms with Gasteiger partial charge < -0.3 is 19.1 Å². The third-order valence-electron chi connectivity index (χ3n) is 6.02. The maximum Gasteiger partial charge on any atom is 0.224 e. The van der Waals surface area contributed by atoms with Gasteiger partial charge in [-0.15, -0.1) is 0 Å². The fourth-order valence-corrected chi connectivity index (χ4v) is 4.57. The lowest BCUT2D eigenvalue weighted by Gasteiger charge is -2.23. The van der Waals surface area contributed by atoms with E-state index in [1.807, 2.05) is 30.3 Å². The summed E-state index contributed by atoms with van der Waals surface area (Å²) in [5.74, 6) is 0.956. The molecule has 0 saturated carbocycles. The summed E-state index contributed by atoms with van der Waals surface area (Å²) < 4.78 is 11.4. The first-order valence-electron chi connectivity index (χ1n) is 10.3. The van der Waals surface area contributed by atoms with Gasteiger partial charge >= 0.3 is 0 Å². The fraction of sp³-hybridized carbons (Fsp3) is 0.292. The van der Waals surface area contributed by atoms with Gasteiger partial charge in [-0.2, -0.15) is 0 Å². The minimum absolute atomic E-state index is 0.00999. The van der Waals surface area contributed by atoms with Crippen molar-refractivity contribution < 1.29 is 18.5 Å². The van der Waals surface area contributed by atoms with E-state index in [1.54, 1.807) is 12.5 Å². The molecule has 5 nitrogen and oxygen atoms in total. The van der Waals surface area contributed by atoms with Gasteiger partial charge in [0, 0.05) is 23.8 Å². The second-order valence-electron chi connectivity index (χ2n) is 7.83. The average Bonchev–Trinajstić information content (AvgIpc) is 3.51. The summed E-state index contributed by atoms with van der Waals surface area (Å²) in [6.07, 6.45) is 6.19. The van der Waals surface area contributed by atoms with Crippen LogP contribution >= 0.6 is 0 Å². The van der Waals surface area contributed by atoms with Crippen molar-refractivity contribution in [2.75, 3.05) is 19.6 Å². The summed E-state index contributed by atoms with van der Waals surface area (Å²) in [4.78, 5) is 14.3. The average molecular weight is 389 g/mol. The van der Waals surface area contributed by atoms with Crippen molar-refractivity contribution in [3.8, 4) is 0 Å². The van der Waals surface area contributed by atoms with Crippen LogP contribution in [0.3, 0.4) is 0 Å². The highest BCUT2D eigenvalue weighted by atomic mass is 16.3. The van der Waals surface area contributed by atoms with Crippen LogP contribution in [-0.4, -0.2) is 25.5 Å². The van der Waals surface area contributed by atoms with Gasteiger partial charge in [-0.05, 0) is 29.0 Å². The summed E-state index contributed by atoms with van der Waals surface area (Å²) in [6.45, 7) is 2.83. The third kappa shape index (κ3) is 3.54. The van der Waals surface area contributed by atoms with Crippen molar-refractivity contribution in [1.82, 2.24) is 5.32 Å². The predicted molar refractivity (Wildman–Crippen MR) is 112 cm³/mol. The molecule has 0 bridgehead atoms. The van der Waals surface area contributed by atoms with Crippen molar-refractivity contribution in [2.24, 2.45) is 0 Å². The number of likely N-dealkylation sites (tertiary alicyclic amines) is 1. The molecule has 29 heavy (non-hydrogen) atoms. The molecular weight excluding hydrogens is 364 g/mol. The Labute approximate surface area is 169 Å². The van der Waals surface area contributed by atoms with E-state index in [1.165, 1.54) is 17.7 Å². The SMILES string of the molecule is O=C(Cc1coc2ccc3ccccc3c12)NC[C@H](c1ccco1)[NH+]1CCCC1. The second kappa shape index (κ2) is 7.76. The van der Waals surface area contributed by atoms with Crippen LogP contribution in [0.4, 0.5) is 0 Å². The fourth-order valence-electron chi connectivity index (χ4n) is 4.57. The van der Waals surface area contributed by atoms with Gasteiger partial charge in [-0.3, -0.25) is 4.79 Å². The summed E-state index contributed by atoms with van der Waals surface area (Å²) in [7, 11) is 0. The Morgan fingerprint density at radius 1 is 1.03 bits per heavy atom. The van der Waals surface area contributed by atoms with Crippen molar-refractivity contribution in [1.29, 1.82) is 0 Å². The van der Waals surface area contributed by atoms with E-state index < -0.39 is 0 Å². The summed E-state index contributed by atoms with van der Waals surface area (Å²) >= 11 is 0. The molecule has 1 fully saturated rings. The van der Waals surface area contributed by atoms with Gasteiger partial charge in [0.2, 0.25) is 5.91 Å². The molecule has 0 unspecified atom stereocenters. The molecule has 1 saturated heterocycles. The molecule has 1 aliphatic heterocycles. The Kier molecular flexibility index (Phi) is 4.82. The summed E-state index contributed by atoms with van der Waals surface area (Å²) in [5, 5.41) is 6.44. The zero-order chi connectivity index (χ0) is 19.6. The molecule has 3 heterocycles. The number of hydrogen-bond acceptors (Lipinski definition) is 3. The molecule has 4 aromatic rings. The van der Waals surface area contributed by atoms with E-state index in [-0.39, 0.29) is 11.9 Å². The molecule has 2 aromatic carbocycles. The first-order chi connectivity index (χ1) is 14.3. The lowest BCUT2D eigenvalue weighted by molar-refractivity contribution is -0.919. The molecule has 1 atom stereocenters. The molecular formula is C24H25N2O3+. The first kappa shape index (κ1) is 18.0. The van der Waals surface area contributed by atoms with Crippen molar-refractivity contribution in [2.45, 2.75) is 25.3 Å². The van der Waals surface area contributed by atoms with Crippen LogP contribution in [0.2, 0.25) is 0 Å². The number of nitrogens with one attached hydrogen (secondary N) is 2. The van der Waals surface area contributed by atoms with E-state index in [4.69, 9.17) is 8.83 Å². The van der Waals surface area contributed by atoms with Crippen LogP contribution in [0, 0.1) is 0 Å². The van der Waals surface area contributed by atoms with Gasteiger partial charge in [0.05, 0.1) is 38.6 Å².